The second-order valence-corrected chi connectivity index (χ2v) is 8.39. The van der Waals surface area contributed by atoms with Crippen molar-refractivity contribution in [3.05, 3.63) is 10.6 Å². The van der Waals surface area contributed by atoms with E-state index in [-0.39, 0.29) is 17.1 Å². The van der Waals surface area contributed by atoms with E-state index >= 15 is 0 Å². The van der Waals surface area contributed by atoms with Gasteiger partial charge in [0.25, 0.3) is 0 Å². The lowest BCUT2D eigenvalue weighted by molar-refractivity contribution is 0.0643. The van der Waals surface area contributed by atoms with Crippen LogP contribution >= 0.6 is 11.3 Å². The fourth-order valence-electron chi connectivity index (χ4n) is 3.21. The number of hydrogen-bond donors (Lipinski definition) is 1. The van der Waals surface area contributed by atoms with Crippen LogP contribution in [0.1, 0.15) is 50.8 Å². The molecule has 1 unspecified atom stereocenters. The summed E-state index contributed by atoms with van der Waals surface area (Å²) in [6.45, 7) is 11.1. The molecule has 1 aromatic heterocycles. The predicted molar refractivity (Wildman–Crippen MR) is 81.4 cm³/mol. The summed E-state index contributed by atoms with van der Waals surface area (Å²) in [6, 6.07) is 0. The fourth-order valence-corrected chi connectivity index (χ4v) is 4.46. The maximum Gasteiger partial charge on any atom is 0.186 e. The molecule has 1 fully saturated rings. The van der Waals surface area contributed by atoms with Crippen LogP contribution in [0.25, 0.3) is 0 Å². The van der Waals surface area contributed by atoms with Crippen LogP contribution < -0.4 is 4.90 Å². The molecule has 0 amide bonds. The highest BCUT2D eigenvalue weighted by Gasteiger charge is 2.37. The Labute approximate surface area is 124 Å². The standard InChI is InChI=1S/C15H24N2O2S/c1-14(2)7-10-12(11(18)8-14)20-13(16-10)17-5-6-19-9-15(17,3)4/h11,18H,5-9H2,1-4H3. The van der Waals surface area contributed by atoms with Gasteiger partial charge in [-0.25, -0.2) is 4.98 Å². The van der Waals surface area contributed by atoms with E-state index in [1.807, 2.05) is 0 Å². The summed E-state index contributed by atoms with van der Waals surface area (Å²) in [5.74, 6) is 0. The van der Waals surface area contributed by atoms with Crippen LogP contribution in [0.4, 0.5) is 5.13 Å². The summed E-state index contributed by atoms with van der Waals surface area (Å²) in [7, 11) is 0. The Morgan fingerprint density at radius 3 is 2.80 bits per heavy atom. The van der Waals surface area contributed by atoms with E-state index < -0.39 is 0 Å². The zero-order valence-electron chi connectivity index (χ0n) is 12.8. The SMILES string of the molecule is CC1(C)Cc2nc(N3CCOCC3(C)C)sc2C(O)C1. The van der Waals surface area contributed by atoms with Gasteiger partial charge in [-0.2, -0.15) is 0 Å². The molecule has 1 aromatic rings. The van der Waals surface area contributed by atoms with Gasteiger partial charge in [-0.3, -0.25) is 0 Å². The number of aromatic nitrogens is 1. The second kappa shape index (κ2) is 4.68. The number of fused-ring (bicyclic) bond motifs is 1. The van der Waals surface area contributed by atoms with Gasteiger partial charge in [-0.05, 0) is 32.1 Å². The van der Waals surface area contributed by atoms with E-state index in [1.165, 1.54) is 0 Å². The smallest absolute Gasteiger partial charge is 0.186 e. The highest BCUT2D eigenvalue weighted by Crippen LogP contribution is 2.45. The lowest BCUT2D eigenvalue weighted by Gasteiger charge is -2.42. The molecule has 112 valence electrons. The monoisotopic (exact) mass is 296 g/mol. The molecule has 0 spiro atoms. The number of aliphatic hydroxyl groups excluding tert-OH is 1. The van der Waals surface area contributed by atoms with Gasteiger partial charge in [0.15, 0.2) is 5.13 Å². The van der Waals surface area contributed by atoms with Gasteiger partial charge in [0.1, 0.15) is 0 Å². The third kappa shape index (κ3) is 2.47. The van der Waals surface area contributed by atoms with Crippen LogP contribution in [0.3, 0.4) is 0 Å². The Hall–Kier alpha value is -0.650. The van der Waals surface area contributed by atoms with Crippen LogP contribution in [0.2, 0.25) is 0 Å². The lowest BCUT2D eigenvalue weighted by atomic mass is 9.77. The fraction of sp³-hybridized carbons (Fsp3) is 0.800. The summed E-state index contributed by atoms with van der Waals surface area (Å²) in [4.78, 5) is 8.25. The molecule has 1 N–H and O–H groups in total. The van der Waals surface area contributed by atoms with Crippen molar-refractivity contribution in [3.63, 3.8) is 0 Å². The topological polar surface area (TPSA) is 45.6 Å². The maximum atomic E-state index is 10.4. The molecule has 4 nitrogen and oxygen atoms in total. The third-order valence-corrected chi connectivity index (χ3v) is 5.51. The van der Waals surface area contributed by atoms with Crippen LogP contribution in [0.15, 0.2) is 0 Å². The van der Waals surface area contributed by atoms with Crippen LogP contribution in [-0.4, -0.2) is 35.4 Å². The highest BCUT2D eigenvalue weighted by atomic mass is 32.1. The molecule has 5 heteroatoms. The molecule has 0 saturated carbocycles. The van der Waals surface area contributed by atoms with Crippen molar-refractivity contribution in [1.29, 1.82) is 0 Å². The molecule has 0 bridgehead atoms. The van der Waals surface area contributed by atoms with Gasteiger partial charge in [0.2, 0.25) is 0 Å². The van der Waals surface area contributed by atoms with Crippen molar-refractivity contribution in [2.75, 3.05) is 24.7 Å². The number of rotatable bonds is 1. The lowest BCUT2D eigenvalue weighted by Crippen LogP contribution is -2.53. The number of thiazole rings is 1. The van der Waals surface area contributed by atoms with Crippen molar-refractivity contribution in [2.45, 2.75) is 52.2 Å². The van der Waals surface area contributed by atoms with E-state index in [9.17, 15) is 5.11 Å². The van der Waals surface area contributed by atoms with Crippen molar-refractivity contribution < 1.29 is 9.84 Å². The molecule has 1 aliphatic heterocycles. The first-order valence-electron chi connectivity index (χ1n) is 7.32. The van der Waals surface area contributed by atoms with Crippen molar-refractivity contribution in [3.8, 4) is 0 Å². The van der Waals surface area contributed by atoms with E-state index in [4.69, 9.17) is 9.72 Å². The average molecular weight is 296 g/mol. The van der Waals surface area contributed by atoms with Gasteiger partial charge >= 0.3 is 0 Å². The second-order valence-electron chi connectivity index (χ2n) is 7.38. The summed E-state index contributed by atoms with van der Waals surface area (Å²) in [6.07, 6.45) is 1.43. The van der Waals surface area contributed by atoms with Crippen LogP contribution in [-0.2, 0) is 11.2 Å². The van der Waals surface area contributed by atoms with Crippen molar-refractivity contribution >= 4 is 16.5 Å². The Balaban J connectivity index is 1.94. The molecule has 3 rings (SSSR count). The summed E-state index contributed by atoms with van der Waals surface area (Å²) >= 11 is 1.66. The number of hydrogen-bond acceptors (Lipinski definition) is 5. The molecule has 0 radical (unpaired) electrons. The third-order valence-electron chi connectivity index (χ3n) is 4.29. The van der Waals surface area contributed by atoms with Gasteiger partial charge < -0.3 is 14.7 Å². The number of morpholine rings is 1. The van der Waals surface area contributed by atoms with Crippen LogP contribution in [0.5, 0.6) is 0 Å². The average Bonchev–Trinajstić information content (AvgIpc) is 2.70. The molecule has 0 aromatic carbocycles. The minimum Gasteiger partial charge on any atom is -0.387 e. The minimum atomic E-state index is -0.357. The first-order chi connectivity index (χ1) is 9.28. The van der Waals surface area contributed by atoms with E-state index in [0.717, 1.165) is 48.3 Å². The molecule has 1 aliphatic carbocycles. The molecular weight excluding hydrogens is 272 g/mol. The van der Waals surface area contributed by atoms with E-state index in [2.05, 4.69) is 32.6 Å². The Morgan fingerprint density at radius 1 is 1.35 bits per heavy atom. The number of nitrogens with zero attached hydrogens (tertiary/aromatic N) is 2. The first-order valence-corrected chi connectivity index (χ1v) is 8.13. The van der Waals surface area contributed by atoms with Gasteiger partial charge in [0.05, 0.1) is 35.4 Å². The normalized spacial score (nSPS) is 28.2. The highest BCUT2D eigenvalue weighted by molar-refractivity contribution is 7.15. The molecule has 1 atom stereocenters. The van der Waals surface area contributed by atoms with Crippen molar-refractivity contribution in [1.82, 2.24) is 4.98 Å². The molecule has 2 heterocycles. The number of ether oxygens (including phenoxy) is 1. The summed E-state index contributed by atoms with van der Waals surface area (Å²) < 4.78 is 5.58. The molecular formula is C15H24N2O2S. The summed E-state index contributed by atoms with van der Waals surface area (Å²) in [5, 5.41) is 11.4. The van der Waals surface area contributed by atoms with Crippen molar-refractivity contribution in [2.24, 2.45) is 5.41 Å². The van der Waals surface area contributed by atoms with Gasteiger partial charge in [0, 0.05) is 6.54 Å². The van der Waals surface area contributed by atoms with E-state index in [1.54, 1.807) is 11.3 Å². The largest absolute Gasteiger partial charge is 0.387 e. The predicted octanol–water partition coefficient (Wildman–Crippen LogP) is 2.76. The minimum absolute atomic E-state index is 0.0286. The number of aliphatic hydroxyl groups is 1. The van der Waals surface area contributed by atoms with Crippen LogP contribution in [0, 0.1) is 5.41 Å². The zero-order valence-corrected chi connectivity index (χ0v) is 13.6. The van der Waals surface area contributed by atoms with Gasteiger partial charge in [-0.1, -0.05) is 25.2 Å². The first kappa shape index (κ1) is 14.3. The quantitative estimate of drug-likeness (QED) is 0.865. The number of anilines is 1. The van der Waals surface area contributed by atoms with Gasteiger partial charge in [-0.15, -0.1) is 0 Å². The maximum absolute atomic E-state index is 10.4. The Kier molecular flexibility index (Phi) is 3.35. The Morgan fingerprint density at radius 2 is 2.10 bits per heavy atom. The molecule has 1 saturated heterocycles. The summed E-state index contributed by atoms with van der Waals surface area (Å²) in [5.41, 5.74) is 1.20. The Bertz CT molecular complexity index is 510. The molecule has 20 heavy (non-hydrogen) atoms. The zero-order chi connectivity index (χ0) is 14.5. The molecule has 2 aliphatic rings. The van der Waals surface area contributed by atoms with E-state index in [0.29, 0.717) is 0 Å².